The normalized spacial score (nSPS) is 11.4. The van der Waals surface area contributed by atoms with Gasteiger partial charge in [0.1, 0.15) is 5.75 Å². The standard InChI is InChI=1S/C14H9Cl3O3S/c15-10-2-4-11(5-3-10)21(19,20)8-14(18)9-1-6-12(16)13(17)7-9/h1-7H,8H2. The quantitative estimate of drug-likeness (QED) is 0.761. The first-order valence-corrected chi connectivity index (χ1v) is 8.55. The second-order valence-electron chi connectivity index (χ2n) is 4.27. The summed E-state index contributed by atoms with van der Waals surface area (Å²) in [5.41, 5.74) is 0.196. The van der Waals surface area contributed by atoms with Gasteiger partial charge in [-0.2, -0.15) is 0 Å². The first-order valence-electron chi connectivity index (χ1n) is 5.76. The molecule has 2 aromatic rings. The Morgan fingerprint density at radius 2 is 1.52 bits per heavy atom. The van der Waals surface area contributed by atoms with Crippen molar-refractivity contribution in [2.75, 3.05) is 5.75 Å². The monoisotopic (exact) mass is 362 g/mol. The summed E-state index contributed by atoms with van der Waals surface area (Å²) in [6, 6.07) is 9.87. The minimum absolute atomic E-state index is 0.0420. The van der Waals surface area contributed by atoms with Crippen LogP contribution in [0.2, 0.25) is 15.1 Å². The number of benzene rings is 2. The number of carbonyl (C=O) groups is 1. The molecule has 0 amide bonds. The minimum atomic E-state index is -3.73. The van der Waals surface area contributed by atoms with Gasteiger partial charge in [0.25, 0.3) is 0 Å². The van der Waals surface area contributed by atoms with Crippen molar-refractivity contribution in [2.24, 2.45) is 0 Å². The third-order valence-electron chi connectivity index (χ3n) is 2.74. The Kier molecular flexibility index (Phi) is 4.94. The van der Waals surface area contributed by atoms with E-state index in [2.05, 4.69) is 0 Å². The Morgan fingerprint density at radius 3 is 2.10 bits per heavy atom. The second-order valence-corrected chi connectivity index (χ2v) is 7.51. The van der Waals surface area contributed by atoms with Crippen molar-refractivity contribution in [1.29, 1.82) is 0 Å². The fourth-order valence-electron chi connectivity index (χ4n) is 1.65. The van der Waals surface area contributed by atoms with E-state index in [1.54, 1.807) is 0 Å². The molecule has 0 spiro atoms. The maximum Gasteiger partial charge on any atom is 0.185 e. The van der Waals surface area contributed by atoms with Gasteiger partial charge in [0.05, 0.1) is 14.9 Å². The van der Waals surface area contributed by atoms with Crippen molar-refractivity contribution >= 4 is 50.4 Å². The number of carbonyl (C=O) groups excluding carboxylic acids is 1. The molecule has 0 aliphatic carbocycles. The predicted octanol–water partition coefficient (Wildman–Crippen LogP) is 4.30. The fourth-order valence-corrected chi connectivity index (χ4v) is 3.30. The number of hydrogen-bond donors (Lipinski definition) is 0. The SMILES string of the molecule is O=C(CS(=O)(=O)c1ccc(Cl)cc1)c1ccc(Cl)c(Cl)c1. The molecule has 0 fully saturated rings. The van der Waals surface area contributed by atoms with Crippen LogP contribution in [0.15, 0.2) is 47.4 Å². The van der Waals surface area contributed by atoms with E-state index in [0.717, 1.165) is 0 Å². The van der Waals surface area contributed by atoms with E-state index >= 15 is 0 Å². The van der Waals surface area contributed by atoms with Crippen molar-refractivity contribution in [3.8, 4) is 0 Å². The molecule has 0 heterocycles. The summed E-state index contributed by atoms with van der Waals surface area (Å²) in [5, 5.41) is 0.921. The highest BCUT2D eigenvalue weighted by Crippen LogP contribution is 2.23. The largest absolute Gasteiger partial charge is 0.293 e. The molecule has 2 rings (SSSR count). The van der Waals surface area contributed by atoms with Crippen LogP contribution in [0.4, 0.5) is 0 Å². The number of hydrogen-bond acceptors (Lipinski definition) is 3. The van der Waals surface area contributed by atoms with Crippen LogP contribution in [0.5, 0.6) is 0 Å². The Bertz CT molecular complexity index is 784. The third-order valence-corrected chi connectivity index (χ3v) is 5.36. The van der Waals surface area contributed by atoms with Gasteiger partial charge in [-0.1, -0.05) is 34.8 Å². The number of Topliss-reactive ketones (excluding diaryl/α,β-unsaturated/α-hetero) is 1. The van der Waals surface area contributed by atoms with Crippen molar-refractivity contribution in [2.45, 2.75) is 4.90 Å². The Balaban J connectivity index is 2.25. The summed E-state index contributed by atoms with van der Waals surface area (Å²) in [6.45, 7) is 0. The van der Waals surface area contributed by atoms with Gasteiger partial charge in [-0.3, -0.25) is 4.79 Å². The molecule has 0 saturated heterocycles. The van der Waals surface area contributed by atoms with Gasteiger partial charge >= 0.3 is 0 Å². The first kappa shape index (κ1) is 16.3. The lowest BCUT2D eigenvalue weighted by atomic mass is 10.1. The zero-order valence-corrected chi connectivity index (χ0v) is 13.6. The van der Waals surface area contributed by atoms with E-state index in [0.29, 0.717) is 10.0 Å². The number of sulfone groups is 1. The minimum Gasteiger partial charge on any atom is -0.293 e. The molecule has 21 heavy (non-hydrogen) atoms. The van der Waals surface area contributed by atoms with Crippen LogP contribution in [0, 0.1) is 0 Å². The topological polar surface area (TPSA) is 51.2 Å². The molecule has 3 nitrogen and oxygen atoms in total. The molecule has 7 heteroatoms. The lowest BCUT2D eigenvalue weighted by molar-refractivity contribution is 0.102. The molecular formula is C14H9Cl3O3S. The molecule has 0 atom stereocenters. The first-order chi connectivity index (χ1) is 9.79. The van der Waals surface area contributed by atoms with Gasteiger partial charge in [-0.05, 0) is 42.5 Å². The molecule has 0 radical (unpaired) electrons. The molecule has 2 aromatic carbocycles. The molecule has 0 aliphatic rings. The van der Waals surface area contributed by atoms with Gasteiger partial charge in [-0.15, -0.1) is 0 Å². The van der Waals surface area contributed by atoms with Crippen molar-refractivity contribution in [1.82, 2.24) is 0 Å². The summed E-state index contributed by atoms with van der Waals surface area (Å²) in [5.74, 6) is -1.20. The summed E-state index contributed by atoms with van der Waals surface area (Å²) in [7, 11) is -3.73. The van der Waals surface area contributed by atoms with Gasteiger partial charge in [0, 0.05) is 10.6 Å². The zero-order valence-electron chi connectivity index (χ0n) is 10.5. The highest BCUT2D eigenvalue weighted by Gasteiger charge is 2.20. The van der Waals surface area contributed by atoms with Gasteiger partial charge < -0.3 is 0 Å². The summed E-state index contributed by atoms with van der Waals surface area (Å²) in [4.78, 5) is 12.1. The summed E-state index contributed by atoms with van der Waals surface area (Å²) >= 11 is 17.3. The van der Waals surface area contributed by atoms with Gasteiger partial charge in [0.2, 0.25) is 0 Å². The van der Waals surface area contributed by atoms with Crippen LogP contribution in [-0.4, -0.2) is 20.0 Å². The molecule has 110 valence electrons. The molecule has 0 N–H and O–H groups in total. The van der Waals surface area contributed by atoms with E-state index in [-0.39, 0.29) is 15.5 Å². The van der Waals surface area contributed by atoms with E-state index in [9.17, 15) is 13.2 Å². The molecule has 0 saturated carbocycles. The lowest BCUT2D eigenvalue weighted by Gasteiger charge is -2.05. The van der Waals surface area contributed by atoms with Crippen molar-refractivity contribution < 1.29 is 13.2 Å². The highest BCUT2D eigenvalue weighted by molar-refractivity contribution is 7.92. The van der Waals surface area contributed by atoms with Crippen molar-refractivity contribution in [3.63, 3.8) is 0 Å². The Morgan fingerprint density at radius 1 is 0.905 bits per heavy atom. The predicted molar refractivity (Wildman–Crippen MR) is 84.3 cm³/mol. The Hall–Kier alpha value is -1.07. The number of rotatable bonds is 4. The lowest BCUT2D eigenvalue weighted by Crippen LogP contribution is -2.16. The number of halogens is 3. The molecule has 0 aromatic heterocycles. The van der Waals surface area contributed by atoms with Crippen LogP contribution in [0.1, 0.15) is 10.4 Å². The maximum absolute atomic E-state index is 12.2. The van der Waals surface area contributed by atoms with Gasteiger partial charge in [0.15, 0.2) is 15.6 Å². The average Bonchev–Trinajstić information content (AvgIpc) is 2.41. The van der Waals surface area contributed by atoms with Crippen LogP contribution < -0.4 is 0 Å². The molecule has 0 aliphatic heterocycles. The van der Waals surface area contributed by atoms with E-state index < -0.39 is 21.4 Å². The highest BCUT2D eigenvalue weighted by atomic mass is 35.5. The third kappa shape index (κ3) is 3.98. The second kappa shape index (κ2) is 6.36. The van der Waals surface area contributed by atoms with E-state index in [1.807, 2.05) is 0 Å². The molecule has 0 bridgehead atoms. The average molecular weight is 364 g/mol. The Labute approximate surface area is 137 Å². The van der Waals surface area contributed by atoms with Crippen LogP contribution >= 0.6 is 34.8 Å². The van der Waals surface area contributed by atoms with Crippen LogP contribution in [-0.2, 0) is 9.84 Å². The smallest absolute Gasteiger partial charge is 0.185 e. The molecular weight excluding hydrogens is 355 g/mol. The van der Waals surface area contributed by atoms with Crippen molar-refractivity contribution in [3.05, 3.63) is 63.1 Å². The summed E-state index contributed by atoms with van der Waals surface area (Å²) < 4.78 is 24.3. The molecule has 0 unspecified atom stereocenters. The van der Waals surface area contributed by atoms with Gasteiger partial charge in [-0.25, -0.2) is 8.42 Å². The van der Waals surface area contributed by atoms with E-state index in [1.165, 1.54) is 42.5 Å². The van der Waals surface area contributed by atoms with Crippen LogP contribution in [0.25, 0.3) is 0 Å². The van der Waals surface area contributed by atoms with E-state index in [4.69, 9.17) is 34.8 Å². The van der Waals surface area contributed by atoms with Crippen LogP contribution in [0.3, 0.4) is 0 Å². The zero-order chi connectivity index (χ0) is 15.6. The fraction of sp³-hybridized carbons (Fsp3) is 0.0714. The summed E-state index contributed by atoms with van der Waals surface area (Å²) in [6.07, 6.45) is 0. The maximum atomic E-state index is 12.2. The number of ketones is 1.